The molecule has 1 N–H and O–H groups in total. The molecule has 0 heterocycles. The van der Waals surface area contributed by atoms with Gasteiger partial charge in [0.2, 0.25) is 0 Å². The summed E-state index contributed by atoms with van der Waals surface area (Å²) in [7, 11) is 0. The Morgan fingerprint density at radius 3 is 2.23 bits per heavy atom. The number of terminal acetylenes is 1. The number of ether oxygens (including phenoxy) is 1. The molecule has 170 valence electrons. The number of hydrogen-bond acceptors (Lipinski definition) is 5. The zero-order chi connectivity index (χ0) is 22.4. The van der Waals surface area contributed by atoms with Gasteiger partial charge in [-0.25, -0.2) is 0 Å². The van der Waals surface area contributed by atoms with Crippen LogP contribution in [0.5, 0.6) is 0 Å². The van der Waals surface area contributed by atoms with E-state index in [-0.39, 0.29) is 11.9 Å². The van der Waals surface area contributed by atoms with Gasteiger partial charge in [0.15, 0.2) is 0 Å². The van der Waals surface area contributed by atoms with E-state index in [1.165, 1.54) is 25.7 Å². The largest absolute Gasteiger partial charge is 0.466 e. The summed E-state index contributed by atoms with van der Waals surface area (Å²) >= 11 is 1.76. The number of nitrogens with one attached hydrogen (secondary N) is 1. The third-order valence-corrected chi connectivity index (χ3v) is 6.77. The number of esters is 1. The Morgan fingerprint density at radius 2 is 1.73 bits per heavy atom. The molecule has 2 aliphatic carbocycles. The molecular formula is C25H42N2O2S. The minimum Gasteiger partial charge on any atom is -0.466 e. The number of carbonyl (C=O) groups is 1. The van der Waals surface area contributed by atoms with Gasteiger partial charge >= 0.3 is 5.97 Å². The molecule has 0 amide bonds. The summed E-state index contributed by atoms with van der Waals surface area (Å²) in [5.74, 6) is 5.08. The highest BCUT2D eigenvalue weighted by molar-refractivity contribution is 8.02. The molecule has 2 fully saturated rings. The van der Waals surface area contributed by atoms with Crippen LogP contribution in [0.25, 0.3) is 0 Å². The second-order valence-corrected chi connectivity index (χ2v) is 9.17. The fraction of sp³-hybridized carbons (Fsp3) is 0.720. The highest BCUT2D eigenvalue weighted by Gasteiger charge is 2.34. The van der Waals surface area contributed by atoms with Gasteiger partial charge in [-0.05, 0) is 83.5 Å². The fourth-order valence-corrected chi connectivity index (χ4v) is 5.01. The number of nitrogens with zero attached hydrogens (tertiary/aromatic N) is 1. The molecule has 0 atom stereocenters. The third-order valence-electron chi connectivity index (χ3n) is 5.99. The maximum Gasteiger partial charge on any atom is 0.308 e. The molecule has 5 heteroatoms. The van der Waals surface area contributed by atoms with Gasteiger partial charge in [0.05, 0.1) is 24.2 Å². The molecule has 0 unspecified atom stereocenters. The Hall–Kier alpha value is -1.54. The first-order valence-corrected chi connectivity index (χ1v) is 12.5. The number of rotatable bonds is 9. The molecule has 0 aliphatic heterocycles. The average Bonchev–Trinajstić information content (AvgIpc) is 2.74. The van der Waals surface area contributed by atoms with Crippen LogP contribution in [0.4, 0.5) is 0 Å². The lowest BCUT2D eigenvalue weighted by Crippen LogP contribution is -2.48. The van der Waals surface area contributed by atoms with Crippen LogP contribution in [0.1, 0.15) is 79.1 Å². The lowest BCUT2D eigenvalue weighted by atomic mass is 9.82. The molecule has 0 radical (unpaired) electrons. The Morgan fingerprint density at radius 1 is 1.20 bits per heavy atom. The van der Waals surface area contributed by atoms with Gasteiger partial charge in [-0.15, -0.1) is 24.1 Å². The van der Waals surface area contributed by atoms with Crippen molar-refractivity contribution in [3.05, 3.63) is 23.9 Å². The van der Waals surface area contributed by atoms with E-state index in [0.717, 1.165) is 43.3 Å². The second kappa shape index (κ2) is 15.3. The van der Waals surface area contributed by atoms with Crippen molar-refractivity contribution in [2.75, 3.05) is 12.5 Å². The maximum atomic E-state index is 12.1. The topological polar surface area (TPSA) is 41.6 Å². The molecule has 0 aromatic heterocycles. The molecule has 4 nitrogen and oxygen atoms in total. The minimum atomic E-state index is -0.00584. The molecule has 30 heavy (non-hydrogen) atoms. The van der Waals surface area contributed by atoms with Crippen LogP contribution < -0.4 is 5.32 Å². The van der Waals surface area contributed by atoms with Crippen LogP contribution >= 0.6 is 11.8 Å². The molecule has 0 aromatic rings. The van der Waals surface area contributed by atoms with E-state index in [0.29, 0.717) is 18.7 Å². The van der Waals surface area contributed by atoms with Crippen molar-refractivity contribution in [3.63, 3.8) is 0 Å². The zero-order valence-corrected chi connectivity index (χ0v) is 20.3. The summed E-state index contributed by atoms with van der Waals surface area (Å²) < 4.78 is 5.24. The van der Waals surface area contributed by atoms with E-state index in [4.69, 9.17) is 4.74 Å². The summed E-state index contributed by atoms with van der Waals surface area (Å²) in [4.78, 5) is 14.6. The van der Waals surface area contributed by atoms with Gasteiger partial charge in [-0.2, -0.15) is 0 Å². The predicted octanol–water partition coefficient (Wildman–Crippen LogP) is 5.91. The van der Waals surface area contributed by atoms with E-state index >= 15 is 0 Å². The zero-order valence-electron chi connectivity index (χ0n) is 19.5. The molecule has 0 spiro atoms. The van der Waals surface area contributed by atoms with E-state index < -0.39 is 0 Å². The smallest absolute Gasteiger partial charge is 0.308 e. The van der Waals surface area contributed by atoms with Crippen LogP contribution in [-0.4, -0.2) is 35.4 Å². The maximum absolute atomic E-state index is 12.1. The van der Waals surface area contributed by atoms with Gasteiger partial charge < -0.3 is 15.0 Å². The Labute approximate surface area is 189 Å². The van der Waals surface area contributed by atoms with Crippen molar-refractivity contribution in [1.29, 1.82) is 0 Å². The Kier molecular flexibility index (Phi) is 13.5. The lowest BCUT2D eigenvalue weighted by Gasteiger charge is -2.45. The van der Waals surface area contributed by atoms with E-state index in [9.17, 15) is 4.79 Å². The SMILES string of the molecule is C#CC.C=C(NCS/C=C\C)N(C1CCC(C)CC1)C1CCC(C(=O)OCC)CC1. The quantitative estimate of drug-likeness (QED) is 0.211. The number of allylic oxidation sites excluding steroid dienone is 1. The van der Waals surface area contributed by atoms with E-state index in [1.807, 2.05) is 13.8 Å². The summed E-state index contributed by atoms with van der Waals surface area (Å²) in [6, 6.07) is 1.07. The van der Waals surface area contributed by atoms with Crippen molar-refractivity contribution >= 4 is 17.7 Å². The lowest BCUT2D eigenvalue weighted by molar-refractivity contribution is -0.149. The minimum absolute atomic E-state index is 0.00584. The third kappa shape index (κ3) is 9.08. The number of thioether (sulfide) groups is 1. The van der Waals surface area contributed by atoms with Gasteiger partial charge in [0.25, 0.3) is 0 Å². The first-order chi connectivity index (χ1) is 14.5. The fourth-order valence-electron chi connectivity index (χ4n) is 4.47. The monoisotopic (exact) mass is 434 g/mol. The summed E-state index contributed by atoms with van der Waals surface area (Å²) in [6.07, 6.45) is 15.7. The summed E-state index contributed by atoms with van der Waals surface area (Å²) in [5.41, 5.74) is 0. The first-order valence-electron chi connectivity index (χ1n) is 11.5. The van der Waals surface area contributed by atoms with Gasteiger partial charge in [-0.3, -0.25) is 4.79 Å². The van der Waals surface area contributed by atoms with Crippen LogP contribution in [-0.2, 0) is 9.53 Å². The molecule has 2 saturated carbocycles. The number of hydrogen-bond donors (Lipinski definition) is 1. The van der Waals surface area contributed by atoms with Crippen molar-refractivity contribution in [3.8, 4) is 12.3 Å². The summed E-state index contributed by atoms with van der Waals surface area (Å²) in [5, 5.41) is 5.64. The van der Waals surface area contributed by atoms with Crippen LogP contribution in [0.2, 0.25) is 0 Å². The first kappa shape index (κ1) is 26.5. The number of carbonyl (C=O) groups excluding carboxylic acids is 1. The molecule has 2 rings (SSSR count). The van der Waals surface area contributed by atoms with Crippen molar-refractivity contribution in [2.45, 2.75) is 91.1 Å². The van der Waals surface area contributed by atoms with Crippen LogP contribution in [0, 0.1) is 24.2 Å². The molecule has 2 aliphatic rings. The second-order valence-electron chi connectivity index (χ2n) is 8.27. The Balaban J connectivity index is 0.00000141. The van der Waals surface area contributed by atoms with Gasteiger partial charge in [0.1, 0.15) is 0 Å². The van der Waals surface area contributed by atoms with Gasteiger partial charge in [-0.1, -0.05) is 19.6 Å². The van der Waals surface area contributed by atoms with Crippen molar-refractivity contribution < 1.29 is 9.53 Å². The molecule has 0 bridgehead atoms. The normalized spacial score (nSPS) is 26.1. The van der Waals surface area contributed by atoms with Crippen LogP contribution in [0.15, 0.2) is 23.9 Å². The van der Waals surface area contributed by atoms with Crippen molar-refractivity contribution in [2.24, 2.45) is 11.8 Å². The van der Waals surface area contributed by atoms with Gasteiger partial charge in [0, 0.05) is 12.1 Å². The molecular weight excluding hydrogens is 392 g/mol. The van der Waals surface area contributed by atoms with E-state index in [2.05, 4.69) is 47.5 Å². The highest BCUT2D eigenvalue weighted by atomic mass is 32.2. The molecule has 0 aromatic carbocycles. The van der Waals surface area contributed by atoms with Crippen molar-refractivity contribution in [1.82, 2.24) is 10.2 Å². The van der Waals surface area contributed by atoms with E-state index in [1.54, 1.807) is 18.7 Å². The highest BCUT2D eigenvalue weighted by Crippen LogP contribution is 2.35. The summed E-state index contributed by atoms with van der Waals surface area (Å²) in [6.45, 7) is 12.8. The van der Waals surface area contributed by atoms with Crippen LogP contribution in [0.3, 0.4) is 0 Å². The Bertz CT molecular complexity index is 568. The average molecular weight is 435 g/mol. The molecule has 0 saturated heterocycles. The predicted molar refractivity (Wildman–Crippen MR) is 130 cm³/mol. The standard InChI is InChI=1S/C22H38N2O2S.C3H4/c1-5-15-27-16-23-18(4)24(20-11-7-17(3)8-12-20)21-13-9-19(10-14-21)22(25)26-6-2;1-3-2/h5,15,17,19-21,23H,4,6-14,16H2,1-3H3;1H,2H3/b15-5-;.